The molecule has 0 saturated carbocycles. The third-order valence-electron chi connectivity index (χ3n) is 3.15. The SMILES string of the molecule is Cc1ccc(N2CCCCC2CCCl)nn1. The van der Waals surface area contributed by atoms with Gasteiger partial charge in [0.25, 0.3) is 0 Å². The Morgan fingerprint density at radius 3 is 2.94 bits per heavy atom. The summed E-state index contributed by atoms with van der Waals surface area (Å²) in [7, 11) is 0. The third kappa shape index (κ3) is 2.64. The number of aromatic nitrogens is 2. The van der Waals surface area contributed by atoms with Crippen LogP contribution in [0.1, 0.15) is 31.4 Å². The first kappa shape index (κ1) is 11.6. The van der Waals surface area contributed by atoms with Crippen LogP contribution in [0.2, 0.25) is 0 Å². The first-order chi connectivity index (χ1) is 7.81. The van der Waals surface area contributed by atoms with E-state index in [0.29, 0.717) is 6.04 Å². The van der Waals surface area contributed by atoms with Crippen molar-refractivity contribution in [2.75, 3.05) is 17.3 Å². The molecular formula is C12H18ClN3. The van der Waals surface area contributed by atoms with Crippen molar-refractivity contribution in [1.82, 2.24) is 10.2 Å². The van der Waals surface area contributed by atoms with Crippen LogP contribution >= 0.6 is 11.6 Å². The summed E-state index contributed by atoms with van der Waals surface area (Å²) in [6.07, 6.45) is 4.81. The molecule has 3 nitrogen and oxygen atoms in total. The molecule has 0 amide bonds. The molecule has 88 valence electrons. The second-order valence-electron chi connectivity index (χ2n) is 4.35. The van der Waals surface area contributed by atoms with E-state index in [4.69, 9.17) is 11.6 Å². The van der Waals surface area contributed by atoms with Gasteiger partial charge in [0.1, 0.15) is 0 Å². The van der Waals surface area contributed by atoms with Crippen LogP contribution in [0.4, 0.5) is 5.82 Å². The Morgan fingerprint density at radius 1 is 1.38 bits per heavy atom. The number of hydrogen-bond donors (Lipinski definition) is 0. The number of halogens is 1. The molecule has 1 aromatic heterocycles. The molecular weight excluding hydrogens is 222 g/mol. The zero-order chi connectivity index (χ0) is 11.4. The fourth-order valence-corrected chi connectivity index (χ4v) is 2.53. The molecule has 0 aliphatic carbocycles. The van der Waals surface area contributed by atoms with Gasteiger partial charge in [0.05, 0.1) is 5.69 Å². The fraction of sp³-hybridized carbons (Fsp3) is 0.667. The van der Waals surface area contributed by atoms with E-state index in [1.807, 2.05) is 13.0 Å². The van der Waals surface area contributed by atoms with E-state index in [2.05, 4.69) is 21.2 Å². The lowest BCUT2D eigenvalue weighted by Gasteiger charge is -2.36. The summed E-state index contributed by atoms with van der Waals surface area (Å²) in [5, 5.41) is 8.39. The van der Waals surface area contributed by atoms with Gasteiger partial charge in [-0.05, 0) is 44.7 Å². The highest BCUT2D eigenvalue weighted by atomic mass is 35.5. The Bertz CT molecular complexity index is 324. The van der Waals surface area contributed by atoms with Gasteiger partial charge in [0.15, 0.2) is 5.82 Å². The molecule has 2 heterocycles. The van der Waals surface area contributed by atoms with Gasteiger partial charge in [-0.25, -0.2) is 0 Å². The molecule has 1 fully saturated rings. The minimum atomic E-state index is 0.545. The van der Waals surface area contributed by atoms with Crippen molar-refractivity contribution >= 4 is 17.4 Å². The van der Waals surface area contributed by atoms with Crippen LogP contribution in [0.15, 0.2) is 12.1 Å². The minimum Gasteiger partial charge on any atom is -0.352 e. The maximum atomic E-state index is 5.85. The van der Waals surface area contributed by atoms with Crippen LogP contribution in [-0.4, -0.2) is 28.7 Å². The van der Waals surface area contributed by atoms with Crippen molar-refractivity contribution in [2.24, 2.45) is 0 Å². The summed E-state index contributed by atoms with van der Waals surface area (Å²) in [5.41, 5.74) is 0.967. The minimum absolute atomic E-state index is 0.545. The van der Waals surface area contributed by atoms with Crippen molar-refractivity contribution in [3.05, 3.63) is 17.8 Å². The van der Waals surface area contributed by atoms with Crippen molar-refractivity contribution in [3.8, 4) is 0 Å². The summed E-state index contributed by atoms with van der Waals surface area (Å²) in [6.45, 7) is 3.04. The lowest BCUT2D eigenvalue weighted by Crippen LogP contribution is -2.40. The highest BCUT2D eigenvalue weighted by molar-refractivity contribution is 6.17. The zero-order valence-corrected chi connectivity index (χ0v) is 10.5. The predicted octanol–water partition coefficient (Wildman–Crippen LogP) is 2.77. The van der Waals surface area contributed by atoms with Crippen molar-refractivity contribution in [3.63, 3.8) is 0 Å². The average Bonchev–Trinajstić information content (AvgIpc) is 2.32. The van der Waals surface area contributed by atoms with Gasteiger partial charge in [0, 0.05) is 18.5 Å². The topological polar surface area (TPSA) is 29.0 Å². The van der Waals surface area contributed by atoms with Gasteiger partial charge in [0.2, 0.25) is 0 Å². The quantitative estimate of drug-likeness (QED) is 0.760. The van der Waals surface area contributed by atoms with Crippen LogP contribution in [0, 0.1) is 6.92 Å². The number of nitrogens with zero attached hydrogens (tertiary/aromatic N) is 3. The smallest absolute Gasteiger partial charge is 0.151 e. The number of aryl methyl sites for hydroxylation is 1. The Labute approximate surface area is 102 Å². The second-order valence-corrected chi connectivity index (χ2v) is 4.73. The molecule has 0 bridgehead atoms. The molecule has 1 aliphatic rings. The number of alkyl halides is 1. The molecule has 1 saturated heterocycles. The molecule has 1 aliphatic heterocycles. The molecule has 1 aromatic rings. The molecule has 16 heavy (non-hydrogen) atoms. The Morgan fingerprint density at radius 2 is 2.25 bits per heavy atom. The van der Waals surface area contributed by atoms with Gasteiger partial charge >= 0.3 is 0 Å². The van der Waals surface area contributed by atoms with Crippen LogP contribution in [0.5, 0.6) is 0 Å². The summed E-state index contributed by atoms with van der Waals surface area (Å²) in [6, 6.07) is 4.63. The maximum absolute atomic E-state index is 5.85. The molecule has 2 rings (SSSR count). The van der Waals surface area contributed by atoms with Gasteiger partial charge in [-0.1, -0.05) is 0 Å². The Hall–Kier alpha value is -0.830. The van der Waals surface area contributed by atoms with Gasteiger partial charge in [-0.3, -0.25) is 0 Å². The van der Waals surface area contributed by atoms with Crippen LogP contribution in [0.3, 0.4) is 0 Å². The number of anilines is 1. The van der Waals surface area contributed by atoms with E-state index in [1.54, 1.807) is 0 Å². The normalized spacial score (nSPS) is 21.1. The van der Waals surface area contributed by atoms with E-state index in [9.17, 15) is 0 Å². The molecule has 1 unspecified atom stereocenters. The first-order valence-electron chi connectivity index (χ1n) is 5.94. The van der Waals surface area contributed by atoms with Gasteiger partial charge in [-0.15, -0.1) is 16.7 Å². The fourth-order valence-electron chi connectivity index (χ4n) is 2.27. The van der Waals surface area contributed by atoms with E-state index in [0.717, 1.165) is 30.4 Å². The van der Waals surface area contributed by atoms with Crippen molar-refractivity contribution in [1.29, 1.82) is 0 Å². The zero-order valence-electron chi connectivity index (χ0n) is 9.69. The van der Waals surface area contributed by atoms with Crippen LogP contribution in [0.25, 0.3) is 0 Å². The standard InChI is InChI=1S/C12H18ClN3/c1-10-5-6-12(15-14-10)16-9-3-2-4-11(16)7-8-13/h5-6,11H,2-4,7-9H2,1H3. The summed E-state index contributed by atoms with van der Waals surface area (Å²) >= 11 is 5.85. The molecule has 0 aromatic carbocycles. The number of rotatable bonds is 3. The van der Waals surface area contributed by atoms with E-state index >= 15 is 0 Å². The lowest BCUT2D eigenvalue weighted by atomic mass is 10.00. The van der Waals surface area contributed by atoms with Crippen LogP contribution < -0.4 is 4.90 Å². The Kier molecular flexibility index (Phi) is 3.99. The van der Waals surface area contributed by atoms with E-state index in [-0.39, 0.29) is 0 Å². The third-order valence-corrected chi connectivity index (χ3v) is 3.37. The molecule has 0 spiro atoms. The molecule has 0 N–H and O–H groups in total. The second kappa shape index (κ2) is 5.48. The lowest BCUT2D eigenvalue weighted by molar-refractivity contribution is 0.447. The van der Waals surface area contributed by atoms with Crippen LogP contribution in [-0.2, 0) is 0 Å². The highest BCUT2D eigenvalue weighted by Crippen LogP contribution is 2.24. The molecule has 0 radical (unpaired) electrons. The number of hydrogen-bond acceptors (Lipinski definition) is 3. The van der Waals surface area contributed by atoms with E-state index < -0.39 is 0 Å². The monoisotopic (exact) mass is 239 g/mol. The Balaban J connectivity index is 2.13. The summed E-state index contributed by atoms with van der Waals surface area (Å²) in [4.78, 5) is 2.36. The van der Waals surface area contributed by atoms with Gasteiger partial charge in [-0.2, -0.15) is 5.10 Å². The van der Waals surface area contributed by atoms with Crippen molar-refractivity contribution in [2.45, 2.75) is 38.6 Å². The maximum Gasteiger partial charge on any atom is 0.151 e. The number of piperidine rings is 1. The van der Waals surface area contributed by atoms with Gasteiger partial charge < -0.3 is 4.90 Å². The first-order valence-corrected chi connectivity index (χ1v) is 6.47. The average molecular weight is 240 g/mol. The molecule has 4 heteroatoms. The predicted molar refractivity (Wildman–Crippen MR) is 67.1 cm³/mol. The largest absolute Gasteiger partial charge is 0.352 e. The van der Waals surface area contributed by atoms with E-state index in [1.165, 1.54) is 19.3 Å². The molecule has 1 atom stereocenters. The summed E-state index contributed by atoms with van der Waals surface area (Å²) < 4.78 is 0. The summed E-state index contributed by atoms with van der Waals surface area (Å²) in [5.74, 6) is 1.72. The van der Waals surface area contributed by atoms with Crippen molar-refractivity contribution < 1.29 is 0 Å². The highest BCUT2D eigenvalue weighted by Gasteiger charge is 2.22.